The summed E-state index contributed by atoms with van der Waals surface area (Å²) in [6.45, 7) is 0. The van der Waals surface area contributed by atoms with Crippen LogP contribution in [0.1, 0.15) is 19.3 Å². The molecule has 1 aromatic rings. The number of hydrogen-bond donors (Lipinski definition) is 2. The van der Waals surface area contributed by atoms with E-state index in [0.29, 0.717) is 0 Å². The summed E-state index contributed by atoms with van der Waals surface area (Å²) in [4.78, 5) is 21.0. The van der Waals surface area contributed by atoms with E-state index in [9.17, 15) is 22.8 Å². The molecule has 0 saturated heterocycles. The van der Waals surface area contributed by atoms with Gasteiger partial charge in [-0.15, -0.1) is 0 Å². The van der Waals surface area contributed by atoms with Crippen LogP contribution < -0.4 is 11.5 Å². The van der Waals surface area contributed by atoms with Gasteiger partial charge in [-0.1, -0.05) is 36.4 Å². The van der Waals surface area contributed by atoms with Crippen molar-refractivity contribution in [1.82, 2.24) is 0 Å². The molecule has 0 aromatic heterocycles. The third kappa shape index (κ3) is 11.1. The Morgan fingerprint density at radius 2 is 1.35 bits per heavy atom. The summed E-state index contributed by atoms with van der Waals surface area (Å²) in [7, 11) is 0. The molecule has 1 rings (SSSR count). The van der Waals surface area contributed by atoms with Crippen LogP contribution in [0.3, 0.4) is 0 Å². The highest BCUT2D eigenvalue weighted by atomic mass is 19.4. The number of carbonyl (C=O) groups excluding carboxylic acids is 2. The Balaban J connectivity index is 0.000000493. The summed E-state index contributed by atoms with van der Waals surface area (Å²) in [6, 6.07) is 12.0. The summed E-state index contributed by atoms with van der Waals surface area (Å²) < 4.78 is 35.2. The second-order valence-electron chi connectivity index (χ2n) is 4.08. The molecule has 0 aliphatic heterocycles. The van der Waals surface area contributed by atoms with Crippen LogP contribution in [0.25, 0.3) is 0 Å². The number of primary amides is 2. The highest BCUT2D eigenvalue weighted by Crippen LogP contribution is 2.25. The van der Waals surface area contributed by atoms with Crippen molar-refractivity contribution < 1.29 is 22.8 Å². The van der Waals surface area contributed by atoms with E-state index in [-0.39, 0.29) is 0 Å². The fourth-order valence-electron chi connectivity index (χ4n) is 1.31. The van der Waals surface area contributed by atoms with Gasteiger partial charge in [-0.2, -0.15) is 13.2 Å². The lowest BCUT2D eigenvalue weighted by Gasteiger charge is -2.12. The number of nitrogens with two attached hydrogens (primary N) is 2. The van der Waals surface area contributed by atoms with Crippen molar-refractivity contribution in [2.45, 2.75) is 25.4 Å². The Kier molecular flexibility index (Phi) is 8.03. The van der Waals surface area contributed by atoms with Crippen LogP contribution >= 0.6 is 0 Å². The third-order valence-electron chi connectivity index (χ3n) is 2.29. The van der Waals surface area contributed by atoms with Gasteiger partial charge in [0.1, 0.15) is 0 Å². The number of halogens is 3. The zero-order chi connectivity index (χ0) is 15.6. The van der Waals surface area contributed by atoms with Gasteiger partial charge in [0.15, 0.2) is 0 Å². The van der Waals surface area contributed by atoms with Gasteiger partial charge in [-0.05, 0) is 6.42 Å². The molecule has 0 radical (unpaired) electrons. The minimum atomic E-state index is -4.36. The Morgan fingerprint density at radius 3 is 1.60 bits per heavy atom. The van der Waals surface area contributed by atoms with Crippen molar-refractivity contribution in [1.29, 1.82) is 0 Å². The molecule has 0 heterocycles. The molecule has 0 aliphatic carbocycles. The topological polar surface area (TPSA) is 86.2 Å². The number of amides is 2. The Morgan fingerprint density at radius 1 is 0.950 bits per heavy atom. The number of alkyl halides is 3. The van der Waals surface area contributed by atoms with Crippen LogP contribution in [0.5, 0.6) is 0 Å². The number of hydrogen-bond acceptors (Lipinski definition) is 2. The number of rotatable bonds is 5. The smallest absolute Gasteiger partial charge is 0.370 e. The number of benzene rings is 1. The average Bonchev–Trinajstić information content (AvgIpc) is 2.35. The van der Waals surface area contributed by atoms with Crippen LogP contribution in [-0.4, -0.2) is 18.0 Å². The predicted molar refractivity (Wildman–Crippen MR) is 68.2 cm³/mol. The lowest BCUT2D eigenvalue weighted by molar-refractivity contribution is -0.142. The summed E-state index contributed by atoms with van der Waals surface area (Å²) in [6.07, 6.45) is -6.44. The van der Waals surface area contributed by atoms with E-state index < -0.39 is 43.2 Å². The second kappa shape index (κ2) is 8.95. The highest BCUT2D eigenvalue weighted by Gasteiger charge is 2.30. The molecule has 0 saturated carbocycles. The van der Waals surface area contributed by atoms with Gasteiger partial charge in [0.2, 0.25) is 11.8 Å². The van der Waals surface area contributed by atoms with E-state index >= 15 is 0 Å². The summed E-state index contributed by atoms with van der Waals surface area (Å²) >= 11 is 0. The Bertz CT molecular complexity index is 381. The van der Waals surface area contributed by atoms with E-state index in [0.717, 1.165) is 0 Å². The maximum atomic E-state index is 11.7. The summed E-state index contributed by atoms with van der Waals surface area (Å²) in [5.74, 6) is -2.90. The van der Waals surface area contributed by atoms with Gasteiger partial charge < -0.3 is 11.5 Å². The molecule has 0 aliphatic rings. The van der Waals surface area contributed by atoms with Crippen molar-refractivity contribution in [2.75, 3.05) is 0 Å². The molecule has 1 atom stereocenters. The maximum Gasteiger partial charge on any atom is 0.389 e. The van der Waals surface area contributed by atoms with E-state index in [1.165, 1.54) is 0 Å². The van der Waals surface area contributed by atoms with Crippen molar-refractivity contribution >= 4 is 11.8 Å². The fourth-order valence-corrected chi connectivity index (χ4v) is 1.31. The molecule has 4 N–H and O–H groups in total. The normalized spacial score (nSPS) is 11.9. The molecule has 7 heteroatoms. The Hall–Kier alpha value is -2.05. The van der Waals surface area contributed by atoms with Crippen molar-refractivity contribution in [2.24, 2.45) is 17.4 Å². The van der Waals surface area contributed by atoms with Crippen LogP contribution in [0.4, 0.5) is 13.2 Å². The first-order valence-electron chi connectivity index (χ1n) is 5.86. The molecular weight excluding hydrogens is 273 g/mol. The molecule has 2 amide bonds. The minimum absolute atomic E-state index is 0.439. The molecule has 1 unspecified atom stereocenters. The van der Waals surface area contributed by atoms with Crippen molar-refractivity contribution in [3.05, 3.63) is 36.4 Å². The molecule has 1 aromatic carbocycles. The van der Waals surface area contributed by atoms with Gasteiger partial charge in [0.25, 0.3) is 0 Å². The van der Waals surface area contributed by atoms with Gasteiger partial charge in [-0.25, -0.2) is 0 Å². The SMILES string of the molecule is NC(=O)CC(CCC(F)(F)F)C(N)=O.c1ccccc1. The predicted octanol–water partition coefficient (Wildman–Crippen LogP) is 1.99. The van der Waals surface area contributed by atoms with E-state index in [4.69, 9.17) is 11.5 Å². The third-order valence-corrected chi connectivity index (χ3v) is 2.29. The van der Waals surface area contributed by atoms with E-state index in [1.54, 1.807) is 0 Å². The van der Waals surface area contributed by atoms with Gasteiger partial charge in [-0.3, -0.25) is 9.59 Å². The molecule has 112 valence electrons. The maximum absolute atomic E-state index is 11.7. The molecule has 0 bridgehead atoms. The van der Waals surface area contributed by atoms with E-state index in [2.05, 4.69) is 0 Å². The molecular formula is C13H17F3N2O2. The fraction of sp³-hybridized carbons (Fsp3) is 0.385. The lowest BCUT2D eigenvalue weighted by Crippen LogP contribution is -2.29. The van der Waals surface area contributed by atoms with Gasteiger partial charge >= 0.3 is 6.18 Å². The first-order chi connectivity index (χ1) is 9.22. The van der Waals surface area contributed by atoms with Crippen LogP contribution in [-0.2, 0) is 9.59 Å². The quantitative estimate of drug-likeness (QED) is 0.869. The molecule has 20 heavy (non-hydrogen) atoms. The molecule has 4 nitrogen and oxygen atoms in total. The number of carbonyl (C=O) groups is 2. The van der Waals surface area contributed by atoms with Crippen molar-refractivity contribution in [3.8, 4) is 0 Å². The van der Waals surface area contributed by atoms with E-state index in [1.807, 2.05) is 36.4 Å². The summed E-state index contributed by atoms with van der Waals surface area (Å²) in [5, 5.41) is 0. The molecule has 0 fully saturated rings. The summed E-state index contributed by atoms with van der Waals surface area (Å²) in [5.41, 5.74) is 9.54. The highest BCUT2D eigenvalue weighted by molar-refractivity contribution is 5.83. The lowest BCUT2D eigenvalue weighted by atomic mass is 9.98. The van der Waals surface area contributed by atoms with Crippen LogP contribution in [0.15, 0.2) is 36.4 Å². The standard InChI is InChI=1S/C7H11F3N2O2.C6H6/c8-7(9,10)2-1-4(6(12)14)3-5(11)13;1-2-4-6-5-3-1/h4H,1-3H2,(H2,11,13)(H2,12,14);1-6H. The zero-order valence-corrected chi connectivity index (χ0v) is 10.8. The van der Waals surface area contributed by atoms with Crippen LogP contribution in [0.2, 0.25) is 0 Å². The van der Waals surface area contributed by atoms with Crippen LogP contribution in [0, 0.1) is 5.92 Å². The first kappa shape index (κ1) is 17.9. The monoisotopic (exact) mass is 290 g/mol. The first-order valence-corrected chi connectivity index (χ1v) is 5.86. The average molecular weight is 290 g/mol. The van der Waals surface area contributed by atoms with Gasteiger partial charge in [0.05, 0.1) is 0 Å². The minimum Gasteiger partial charge on any atom is -0.370 e. The second-order valence-corrected chi connectivity index (χ2v) is 4.08. The largest absolute Gasteiger partial charge is 0.389 e. The zero-order valence-electron chi connectivity index (χ0n) is 10.8. The van der Waals surface area contributed by atoms with Crippen molar-refractivity contribution in [3.63, 3.8) is 0 Å². The van der Waals surface area contributed by atoms with Gasteiger partial charge in [0, 0.05) is 18.8 Å². The Labute approximate surface area is 114 Å². The molecule has 0 spiro atoms.